The molecular formula is C17H12FN5OS3. The Morgan fingerprint density at radius 3 is 2.85 bits per heavy atom. The summed E-state index contributed by atoms with van der Waals surface area (Å²) in [6.07, 6.45) is 2.96. The van der Waals surface area contributed by atoms with E-state index in [9.17, 15) is 9.18 Å². The predicted molar refractivity (Wildman–Crippen MR) is 105 cm³/mol. The summed E-state index contributed by atoms with van der Waals surface area (Å²) in [4.78, 5) is 17.9. The number of imidazole rings is 1. The van der Waals surface area contributed by atoms with E-state index in [1.165, 1.54) is 40.9 Å². The lowest BCUT2D eigenvalue weighted by Gasteiger charge is -2.07. The average Bonchev–Trinajstić information content (AvgIpc) is 3.42. The summed E-state index contributed by atoms with van der Waals surface area (Å²) >= 11 is 4.58. The van der Waals surface area contributed by atoms with E-state index in [-0.39, 0.29) is 11.7 Å². The number of hydrogen-bond donors (Lipinski definition) is 1. The van der Waals surface area contributed by atoms with E-state index in [0.29, 0.717) is 16.5 Å². The fourth-order valence-electron chi connectivity index (χ4n) is 2.28. The summed E-state index contributed by atoms with van der Waals surface area (Å²) in [5.41, 5.74) is 0.966. The normalized spacial score (nSPS) is 10.9. The Bertz CT molecular complexity index is 1040. The molecule has 0 spiro atoms. The summed E-state index contributed by atoms with van der Waals surface area (Å²) in [6, 6.07) is 9.91. The number of rotatable bonds is 6. The molecule has 136 valence electrons. The zero-order valence-electron chi connectivity index (χ0n) is 13.7. The van der Waals surface area contributed by atoms with Gasteiger partial charge in [-0.2, -0.15) is 0 Å². The molecule has 0 bridgehead atoms. The van der Waals surface area contributed by atoms with Crippen molar-refractivity contribution in [1.29, 1.82) is 0 Å². The zero-order valence-corrected chi connectivity index (χ0v) is 16.2. The lowest BCUT2D eigenvalue weighted by Crippen LogP contribution is -2.16. The highest BCUT2D eigenvalue weighted by Crippen LogP contribution is 2.29. The minimum atomic E-state index is -0.359. The van der Waals surface area contributed by atoms with Crippen LogP contribution >= 0.6 is 34.4 Å². The van der Waals surface area contributed by atoms with Gasteiger partial charge in [0.1, 0.15) is 11.5 Å². The maximum absolute atomic E-state index is 13.1. The number of halogens is 1. The number of aromatic nitrogens is 4. The Hall–Kier alpha value is -2.56. The van der Waals surface area contributed by atoms with Crippen LogP contribution in [0.4, 0.5) is 9.52 Å². The summed E-state index contributed by atoms with van der Waals surface area (Å²) in [7, 11) is 0. The number of carbonyl (C=O) groups is 1. The quantitative estimate of drug-likeness (QED) is 0.370. The van der Waals surface area contributed by atoms with E-state index in [0.717, 1.165) is 10.1 Å². The Morgan fingerprint density at radius 1 is 1.22 bits per heavy atom. The van der Waals surface area contributed by atoms with Crippen LogP contribution in [-0.4, -0.2) is 25.7 Å². The molecular weight excluding hydrogens is 405 g/mol. The molecule has 3 heterocycles. The van der Waals surface area contributed by atoms with Gasteiger partial charge in [-0.25, -0.2) is 9.37 Å². The lowest BCUT2D eigenvalue weighted by molar-refractivity contribution is 0.102. The van der Waals surface area contributed by atoms with Crippen molar-refractivity contribution in [3.63, 3.8) is 0 Å². The van der Waals surface area contributed by atoms with E-state index < -0.39 is 0 Å². The molecule has 0 aliphatic heterocycles. The van der Waals surface area contributed by atoms with E-state index >= 15 is 0 Å². The Morgan fingerprint density at radius 2 is 2.07 bits per heavy atom. The third-order valence-corrected chi connectivity index (χ3v) is 6.60. The van der Waals surface area contributed by atoms with Gasteiger partial charge in [0.15, 0.2) is 4.34 Å². The second-order valence-electron chi connectivity index (χ2n) is 5.32. The molecule has 1 amide bonds. The number of thioether (sulfide) groups is 1. The monoisotopic (exact) mass is 417 g/mol. The summed E-state index contributed by atoms with van der Waals surface area (Å²) in [5, 5.41) is 13.3. The van der Waals surface area contributed by atoms with Gasteiger partial charge in [-0.3, -0.25) is 14.7 Å². The molecule has 0 unspecified atom stereocenters. The molecule has 0 atom stereocenters. The minimum Gasteiger partial charge on any atom is -0.295 e. The first-order chi connectivity index (χ1) is 13.2. The van der Waals surface area contributed by atoms with Gasteiger partial charge >= 0.3 is 0 Å². The van der Waals surface area contributed by atoms with Gasteiger partial charge in [0.2, 0.25) is 5.13 Å². The second-order valence-corrected chi connectivity index (χ2v) is 8.55. The molecule has 0 saturated carbocycles. The van der Waals surface area contributed by atoms with E-state index in [4.69, 9.17) is 0 Å². The second kappa shape index (κ2) is 7.99. The Labute approximate surface area is 166 Å². The Balaban J connectivity index is 1.44. The molecule has 6 nitrogen and oxygen atoms in total. The number of benzene rings is 1. The van der Waals surface area contributed by atoms with Gasteiger partial charge in [-0.1, -0.05) is 29.2 Å². The SMILES string of the molecule is O=C(Nc1nnc(SCc2cccs2)s1)c1cncn1-c1ccc(F)cc1. The minimum absolute atomic E-state index is 0.324. The van der Waals surface area contributed by atoms with Crippen LogP contribution in [-0.2, 0) is 5.75 Å². The third-order valence-electron chi connectivity index (χ3n) is 3.52. The van der Waals surface area contributed by atoms with E-state index in [2.05, 4.69) is 26.6 Å². The highest BCUT2D eigenvalue weighted by atomic mass is 32.2. The van der Waals surface area contributed by atoms with Gasteiger partial charge in [-0.15, -0.1) is 21.5 Å². The number of anilines is 1. The summed E-state index contributed by atoms with van der Waals surface area (Å²) in [5.74, 6) is 0.117. The van der Waals surface area contributed by atoms with Crippen molar-refractivity contribution in [3.8, 4) is 5.69 Å². The van der Waals surface area contributed by atoms with Gasteiger partial charge in [-0.05, 0) is 35.7 Å². The molecule has 0 radical (unpaired) electrons. The summed E-state index contributed by atoms with van der Waals surface area (Å²) < 4.78 is 15.5. The van der Waals surface area contributed by atoms with Gasteiger partial charge in [0.05, 0.1) is 12.5 Å². The van der Waals surface area contributed by atoms with Crippen LogP contribution in [0.5, 0.6) is 0 Å². The van der Waals surface area contributed by atoms with Gasteiger partial charge in [0, 0.05) is 16.3 Å². The molecule has 4 rings (SSSR count). The Kier molecular flexibility index (Phi) is 5.28. The molecule has 0 aliphatic carbocycles. The van der Waals surface area contributed by atoms with Gasteiger partial charge in [0.25, 0.3) is 5.91 Å². The molecule has 27 heavy (non-hydrogen) atoms. The molecule has 3 aromatic heterocycles. The number of amides is 1. The number of thiophene rings is 1. The molecule has 0 saturated heterocycles. The lowest BCUT2D eigenvalue weighted by atomic mass is 10.3. The molecule has 0 fully saturated rings. The maximum Gasteiger partial charge on any atom is 0.276 e. The van der Waals surface area contributed by atoms with Crippen molar-refractivity contribution in [1.82, 2.24) is 19.7 Å². The van der Waals surface area contributed by atoms with Crippen molar-refractivity contribution in [2.45, 2.75) is 10.1 Å². The number of nitrogens with zero attached hydrogens (tertiary/aromatic N) is 4. The molecule has 1 aromatic carbocycles. The van der Waals surface area contributed by atoms with Crippen molar-refractivity contribution in [2.24, 2.45) is 0 Å². The largest absolute Gasteiger partial charge is 0.295 e. The van der Waals surface area contributed by atoms with E-state index in [1.807, 2.05) is 11.4 Å². The topological polar surface area (TPSA) is 72.7 Å². The van der Waals surface area contributed by atoms with Crippen LogP contribution in [0.2, 0.25) is 0 Å². The third kappa shape index (κ3) is 4.24. The maximum atomic E-state index is 13.1. The van der Waals surface area contributed by atoms with Crippen molar-refractivity contribution < 1.29 is 9.18 Å². The van der Waals surface area contributed by atoms with E-state index in [1.54, 1.807) is 39.8 Å². The first-order valence-electron chi connectivity index (χ1n) is 7.77. The van der Waals surface area contributed by atoms with Crippen molar-refractivity contribution in [3.05, 3.63) is 70.7 Å². The van der Waals surface area contributed by atoms with Crippen LogP contribution in [0, 0.1) is 5.82 Å². The van der Waals surface area contributed by atoms with Crippen LogP contribution in [0.25, 0.3) is 5.69 Å². The smallest absolute Gasteiger partial charge is 0.276 e. The highest BCUT2D eigenvalue weighted by Gasteiger charge is 2.16. The van der Waals surface area contributed by atoms with Crippen molar-refractivity contribution in [2.75, 3.05) is 5.32 Å². The number of carbonyl (C=O) groups excluding carboxylic acids is 1. The predicted octanol–water partition coefficient (Wildman–Crippen LogP) is 4.47. The number of nitrogens with one attached hydrogen (secondary N) is 1. The number of hydrogen-bond acceptors (Lipinski definition) is 7. The molecule has 0 aliphatic rings. The standard InChI is InChI=1S/C17H12FN5OS3/c18-11-3-5-12(6-4-11)23-10-19-8-14(23)15(24)20-16-21-22-17(27-16)26-9-13-2-1-7-25-13/h1-8,10H,9H2,(H,20,21,24). The summed E-state index contributed by atoms with van der Waals surface area (Å²) in [6.45, 7) is 0. The van der Waals surface area contributed by atoms with Gasteiger partial charge < -0.3 is 0 Å². The molecule has 10 heteroatoms. The highest BCUT2D eigenvalue weighted by molar-refractivity contribution is 8.00. The zero-order chi connectivity index (χ0) is 18.6. The van der Waals surface area contributed by atoms with Crippen molar-refractivity contribution >= 4 is 45.5 Å². The first-order valence-corrected chi connectivity index (χ1v) is 10.5. The van der Waals surface area contributed by atoms with Crippen LogP contribution < -0.4 is 5.32 Å². The first kappa shape index (κ1) is 17.8. The van der Waals surface area contributed by atoms with Crippen LogP contribution in [0.3, 0.4) is 0 Å². The fraction of sp³-hybridized carbons (Fsp3) is 0.0588. The molecule has 4 aromatic rings. The van der Waals surface area contributed by atoms with Crippen LogP contribution in [0.15, 0.2) is 58.6 Å². The average molecular weight is 418 g/mol. The molecule has 1 N–H and O–H groups in total. The van der Waals surface area contributed by atoms with Crippen LogP contribution in [0.1, 0.15) is 15.4 Å². The fourth-order valence-corrected chi connectivity index (χ4v) is 4.80.